The molecule has 6 heteroatoms. The number of aryl methyl sites for hydroxylation is 3. The minimum atomic E-state index is -0.586. The average Bonchev–Trinajstić information content (AvgIpc) is 2.83. The molecule has 0 atom stereocenters. The number of amides is 1. The Labute approximate surface area is 134 Å². The summed E-state index contributed by atoms with van der Waals surface area (Å²) in [4.78, 5) is 11.8. The van der Waals surface area contributed by atoms with Gasteiger partial charge in [0, 0.05) is 11.8 Å². The van der Waals surface area contributed by atoms with E-state index in [9.17, 15) is 9.18 Å². The van der Waals surface area contributed by atoms with Crippen molar-refractivity contribution in [2.45, 2.75) is 46.1 Å². The van der Waals surface area contributed by atoms with Crippen molar-refractivity contribution < 1.29 is 18.4 Å². The fourth-order valence-corrected chi connectivity index (χ4v) is 2.06. The Morgan fingerprint density at radius 3 is 2.65 bits per heavy atom. The molecule has 0 saturated carbocycles. The smallest absolute Gasteiger partial charge is 0.412 e. The third kappa shape index (κ3) is 5.39. The molecular formula is C17H21FN2O3. The second-order valence-corrected chi connectivity index (χ2v) is 6.36. The summed E-state index contributed by atoms with van der Waals surface area (Å²) >= 11 is 0. The monoisotopic (exact) mass is 320 g/mol. The summed E-state index contributed by atoms with van der Waals surface area (Å²) in [5.41, 5.74) is 1.18. The van der Waals surface area contributed by atoms with Gasteiger partial charge >= 0.3 is 6.09 Å². The lowest BCUT2D eigenvalue weighted by Gasteiger charge is -2.19. The lowest BCUT2D eigenvalue weighted by atomic mass is 10.1. The molecule has 1 aromatic carbocycles. The quantitative estimate of drug-likeness (QED) is 0.914. The number of ether oxygens (including phenoxy) is 1. The van der Waals surface area contributed by atoms with Crippen LogP contribution >= 0.6 is 0 Å². The Balaban J connectivity index is 2.02. The number of benzene rings is 1. The van der Waals surface area contributed by atoms with Crippen molar-refractivity contribution in [1.29, 1.82) is 0 Å². The van der Waals surface area contributed by atoms with Gasteiger partial charge in [-0.15, -0.1) is 0 Å². The molecule has 0 aliphatic carbocycles. The Morgan fingerprint density at radius 1 is 1.30 bits per heavy atom. The summed E-state index contributed by atoms with van der Waals surface area (Å²) in [5.74, 6) is 0.403. The Bertz CT molecular complexity index is 689. The lowest BCUT2D eigenvalue weighted by Crippen LogP contribution is -2.27. The topological polar surface area (TPSA) is 64.4 Å². The van der Waals surface area contributed by atoms with Crippen molar-refractivity contribution in [3.8, 4) is 0 Å². The number of halogens is 1. The predicted octanol–water partition coefficient (Wildman–Crippen LogP) is 4.25. The molecule has 124 valence electrons. The van der Waals surface area contributed by atoms with Gasteiger partial charge in [-0.2, -0.15) is 0 Å². The molecule has 0 aliphatic heterocycles. The molecule has 2 aromatic rings. The van der Waals surface area contributed by atoms with Crippen molar-refractivity contribution in [2.75, 3.05) is 5.32 Å². The number of nitrogens with zero attached hydrogens (tertiary/aromatic N) is 1. The predicted molar refractivity (Wildman–Crippen MR) is 84.9 cm³/mol. The highest BCUT2D eigenvalue weighted by Gasteiger charge is 2.16. The van der Waals surface area contributed by atoms with Crippen LogP contribution in [-0.4, -0.2) is 16.9 Å². The zero-order valence-corrected chi connectivity index (χ0v) is 13.8. The number of carbonyl (C=O) groups is 1. The largest absolute Gasteiger partial charge is 0.444 e. The molecule has 0 fully saturated rings. The van der Waals surface area contributed by atoms with Crippen LogP contribution in [0.25, 0.3) is 0 Å². The van der Waals surface area contributed by atoms with Gasteiger partial charge in [0.05, 0.1) is 5.69 Å². The van der Waals surface area contributed by atoms with E-state index in [0.29, 0.717) is 24.1 Å². The van der Waals surface area contributed by atoms with Gasteiger partial charge in [-0.05, 0) is 64.3 Å². The number of rotatable bonds is 4. The van der Waals surface area contributed by atoms with Gasteiger partial charge in [-0.3, -0.25) is 5.32 Å². The summed E-state index contributed by atoms with van der Waals surface area (Å²) in [6, 6.07) is 6.26. The maximum atomic E-state index is 13.9. The molecule has 23 heavy (non-hydrogen) atoms. The first-order valence-electron chi connectivity index (χ1n) is 7.43. The van der Waals surface area contributed by atoms with E-state index in [4.69, 9.17) is 9.26 Å². The Morgan fingerprint density at radius 2 is 2.04 bits per heavy atom. The minimum Gasteiger partial charge on any atom is -0.444 e. The molecule has 2 rings (SSSR count). The lowest BCUT2D eigenvalue weighted by molar-refractivity contribution is 0.0636. The Hall–Kier alpha value is -2.37. The maximum absolute atomic E-state index is 13.9. The molecule has 1 amide bonds. The van der Waals surface area contributed by atoms with E-state index in [1.165, 1.54) is 12.1 Å². The van der Waals surface area contributed by atoms with Crippen molar-refractivity contribution in [1.82, 2.24) is 5.16 Å². The molecule has 0 aliphatic rings. The third-order valence-electron chi connectivity index (χ3n) is 3.02. The van der Waals surface area contributed by atoms with E-state index in [0.717, 1.165) is 11.5 Å². The van der Waals surface area contributed by atoms with Crippen molar-refractivity contribution in [2.24, 2.45) is 0 Å². The number of hydrogen-bond donors (Lipinski definition) is 1. The van der Waals surface area contributed by atoms with E-state index >= 15 is 0 Å². The molecule has 5 nitrogen and oxygen atoms in total. The van der Waals surface area contributed by atoms with Crippen LogP contribution < -0.4 is 5.32 Å². The molecule has 1 N–H and O–H groups in total. The van der Waals surface area contributed by atoms with Crippen LogP contribution in [0.4, 0.5) is 14.9 Å². The summed E-state index contributed by atoms with van der Waals surface area (Å²) in [5, 5.41) is 6.49. The van der Waals surface area contributed by atoms with Crippen LogP contribution in [0.5, 0.6) is 0 Å². The standard InChI is InChI=1S/C17H21FN2O3/c1-11-9-14(20-23-11)6-5-12-10-13(7-8-15(12)18)19-16(21)22-17(2,3)4/h7-10H,5-6H2,1-4H3,(H,19,21). The second-order valence-electron chi connectivity index (χ2n) is 6.36. The summed E-state index contributed by atoms with van der Waals surface area (Å²) in [6.45, 7) is 7.15. The average molecular weight is 320 g/mol. The first-order chi connectivity index (χ1) is 10.7. The Kier molecular flexibility index (Phi) is 5.03. The fourth-order valence-electron chi connectivity index (χ4n) is 2.06. The fraction of sp³-hybridized carbons (Fsp3) is 0.412. The van der Waals surface area contributed by atoms with E-state index < -0.39 is 11.7 Å². The highest BCUT2D eigenvalue weighted by atomic mass is 19.1. The van der Waals surface area contributed by atoms with E-state index in [1.54, 1.807) is 26.8 Å². The number of aromatic nitrogens is 1. The zero-order valence-electron chi connectivity index (χ0n) is 13.8. The molecule has 0 radical (unpaired) electrons. The minimum absolute atomic E-state index is 0.319. The van der Waals surface area contributed by atoms with E-state index in [1.807, 2.05) is 13.0 Å². The van der Waals surface area contributed by atoms with Gasteiger partial charge in [0.1, 0.15) is 17.2 Å². The summed E-state index contributed by atoms with van der Waals surface area (Å²) in [7, 11) is 0. The van der Waals surface area contributed by atoms with Gasteiger partial charge in [0.25, 0.3) is 0 Å². The van der Waals surface area contributed by atoms with Crippen LogP contribution in [0.2, 0.25) is 0 Å². The van der Waals surface area contributed by atoms with E-state index in [-0.39, 0.29) is 5.82 Å². The molecule has 0 bridgehead atoms. The zero-order chi connectivity index (χ0) is 17.0. The highest BCUT2D eigenvalue weighted by Crippen LogP contribution is 2.18. The third-order valence-corrected chi connectivity index (χ3v) is 3.02. The summed E-state index contributed by atoms with van der Waals surface area (Å²) < 4.78 is 24.1. The van der Waals surface area contributed by atoms with Gasteiger partial charge in [0.15, 0.2) is 0 Å². The highest BCUT2D eigenvalue weighted by molar-refractivity contribution is 5.84. The van der Waals surface area contributed by atoms with Crippen LogP contribution in [0.15, 0.2) is 28.8 Å². The van der Waals surface area contributed by atoms with Crippen LogP contribution in [-0.2, 0) is 17.6 Å². The molecule has 0 unspecified atom stereocenters. The number of anilines is 1. The molecule has 0 saturated heterocycles. The van der Waals surface area contributed by atoms with Gasteiger partial charge < -0.3 is 9.26 Å². The second kappa shape index (κ2) is 6.81. The van der Waals surface area contributed by atoms with Crippen molar-refractivity contribution in [3.63, 3.8) is 0 Å². The molecule has 1 aromatic heterocycles. The van der Waals surface area contributed by atoms with Crippen molar-refractivity contribution >= 4 is 11.8 Å². The molecule has 0 spiro atoms. The van der Waals surface area contributed by atoms with Gasteiger partial charge in [-0.1, -0.05) is 5.16 Å². The van der Waals surface area contributed by atoms with E-state index in [2.05, 4.69) is 10.5 Å². The van der Waals surface area contributed by atoms with Crippen LogP contribution in [0.1, 0.15) is 37.8 Å². The summed E-state index contributed by atoms with van der Waals surface area (Å²) in [6.07, 6.45) is 0.452. The SMILES string of the molecule is Cc1cc(CCc2cc(NC(=O)OC(C)(C)C)ccc2F)no1. The van der Waals surface area contributed by atoms with Gasteiger partial charge in [-0.25, -0.2) is 9.18 Å². The first-order valence-corrected chi connectivity index (χ1v) is 7.43. The first kappa shape index (κ1) is 17.0. The maximum Gasteiger partial charge on any atom is 0.412 e. The molecular weight excluding hydrogens is 299 g/mol. The normalized spacial score (nSPS) is 11.3. The number of carbonyl (C=O) groups excluding carboxylic acids is 1. The number of hydrogen-bond acceptors (Lipinski definition) is 4. The van der Waals surface area contributed by atoms with Crippen LogP contribution in [0.3, 0.4) is 0 Å². The molecule has 1 heterocycles. The number of nitrogens with one attached hydrogen (secondary N) is 1. The van der Waals surface area contributed by atoms with Crippen LogP contribution in [0, 0.1) is 12.7 Å². The van der Waals surface area contributed by atoms with Gasteiger partial charge in [0.2, 0.25) is 0 Å². The van der Waals surface area contributed by atoms with Crippen molar-refractivity contribution in [3.05, 3.63) is 47.1 Å².